The minimum atomic E-state index is -1.27. The molecule has 1 saturated carbocycles. The fourth-order valence-electron chi connectivity index (χ4n) is 4.95. The zero-order valence-corrected chi connectivity index (χ0v) is 19.6. The first kappa shape index (κ1) is 24.7. The lowest BCUT2D eigenvalue weighted by atomic mass is 9.98. The molecule has 2 aromatic rings. The molecule has 3 atom stereocenters. The fourth-order valence-corrected chi connectivity index (χ4v) is 4.95. The average Bonchev–Trinajstić information content (AvgIpc) is 3.42. The van der Waals surface area contributed by atoms with Gasteiger partial charge in [-0.1, -0.05) is 48.5 Å². The number of benzene rings is 2. The van der Waals surface area contributed by atoms with Crippen LogP contribution >= 0.6 is 0 Å². The number of carbonyl (C=O) groups is 3. The number of aliphatic carboxylic acids is 1. The molecule has 0 saturated heterocycles. The topological polar surface area (TPSA) is 123 Å². The lowest BCUT2D eigenvalue weighted by molar-refractivity contribution is -0.165. The van der Waals surface area contributed by atoms with Gasteiger partial charge in [0.15, 0.2) is 0 Å². The van der Waals surface area contributed by atoms with Gasteiger partial charge in [-0.2, -0.15) is 0 Å². The number of hydrogen-bond acceptors (Lipinski definition) is 6. The molecule has 0 spiro atoms. The third-order valence-electron chi connectivity index (χ3n) is 6.59. The first-order chi connectivity index (χ1) is 17.0. The fraction of sp³-hybridized carbons (Fsp3) is 0.423. The van der Waals surface area contributed by atoms with E-state index in [4.69, 9.17) is 19.4 Å². The first-order valence-corrected chi connectivity index (χ1v) is 11.7. The van der Waals surface area contributed by atoms with Crippen LogP contribution in [0.4, 0.5) is 4.79 Å². The van der Waals surface area contributed by atoms with Gasteiger partial charge < -0.3 is 19.9 Å². The highest BCUT2D eigenvalue weighted by Gasteiger charge is 2.31. The third kappa shape index (κ3) is 5.98. The van der Waals surface area contributed by atoms with Crippen molar-refractivity contribution in [2.24, 2.45) is 5.92 Å². The zero-order chi connectivity index (χ0) is 24.8. The van der Waals surface area contributed by atoms with Gasteiger partial charge in [0.05, 0.1) is 6.61 Å². The van der Waals surface area contributed by atoms with Crippen LogP contribution in [0.1, 0.15) is 42.7 Å². The van der Waals surface area contributed by atoms with Crippen LogP contribution in [0.5, 0.6) is 0 Å². The number of carboxylic acid groups (broad SMARTS) is 1. The van der Waals surface area contributed by atoms with Crippen molar-refractivity contribution in [2.75, 3.05) is 20.3 Å². The summed E-state index contributed by atoms with van der Waals surface area (Å²) in [5.41, 5.74) is 6.86. The van der Waals surface area contributed by atoms with E-state index < -0.39 is 24.1 Å². The monoisotopic (exact) mass is 482 g/mol. The number of carbonyl (C=O) groups excluding carboxylic acids is 2. The molecule has 4 rings (SSSR count). The Morgan fingerprint density at radius 3 is 2.31 bits per heavy atom. The van der Waals surface area contributed by atoms with E-state index in [0.717, 1.165) is 24.0 Å². The van der Waals surface area contributed by atoms with E-state index in [9.17, 15) is 14.4 Å². The van der Waals surface area contributed by atoms with E-state index >= 15 is 0 Å². The van der Waals surface area contributed by atoms with Crippen LogP contribution in [-0.4, -0.2) is 55.5 Å². The number of carboxylic acids is 1. The van der Waals surface area contributed by atoms with E-state index in [-0.39, 0.29) is 37.5 Å². The van der Waals surface area contributed by atoms with Crippen LogP contribution in [0.25, 0.3) is 11.1 Å². The molecule has 3 N–H and O–H groups in total. The summed E-state index contributed by atoms with van der Waals surface area (Å²) in [5.74, 6) is -1.57. The Morgan fingerprint density at radius 1 is 1.03 bits per heavy atom. The smallest absolute Gasteiger partial charge is 0.407 e. The maximum Gasteiger partial charge on any atom is 0.407 e. The standard InChI is InChI=1S/C26H30N2O7/c1-33-15-23(25(30)31)35-28-24(29)13-16-10-11-17(12-16)27-26(32)34-14-22-20-8-4-2-6-18(20)19-7-3-5-9-21(19)22/h2-9,16-17,22-23H,10-15H2,1H3,(H,27,32)(H,28,29)(H,30,31)/t16-,17+,23?/m0/s1. The summed E-state index contributed by atoms with van der Waals surface area (Å²) in [7, 11) is 1.35. The van der Waals surface area contributed by atoms with Crippen LogP contribution in [0.3, 0.4) is 0 Å². The summed E-state index contributed by atoms with van der Waals surface area (Å²) in [4.78, 5) is 40.6. The molecule has 0 bridgehead atoms. The summed E-state index contributed by atoms with van der Waals surface area (Å²) >= 11 is 0. The largest absolute Gasteiger partial charge is 0.479 e. The average molecular weight is 483 g/mol. The minimum absolute atomic E-state index is 0.000842. The number of methoxy groups -OCH3 is 1. The molecule has 9 heteroatoms. The van der Waals surface area contributed by atoms with Crippen LogP contribution < -0.4 is 10.8 Å². The van der Waals surface area contributed by atoms with Crippen molar-refractivity contribution in [3.63, 3.8) is 0 Å². The van der Waals surface area contributed by atoms with Gasteiger partial charge in [0.25, 0.3) is 0 Å². The van der Waals surface area contributed by atoms with Crippen molar-refractivity contribution in [2.45, 2.75) is 43.7 Å². The van der Waals surface area contributed by atoms with Crippen molar-refractivity contribution in [1.29, 1.82) is 0 Å². The quantitative estimate of drug-likeness (QED) is 0.444. The van der Waals surface area contributed by atoms with E-state index in [1.54, 1.807) is 0 Å². The number of alkyl carbamates (subject to hydrolysis) is 1. The molecular formula is C26H30N2O7. The highest BCUT2D eigenvalue weighted by atomic mass is 16.7. The maximum atomic E-state index is 12.5. The number of nitrogens with one attached hydrogen (secondary N) is 2. The van der Waals surface area contributed by atoms with E-state index in [2.05, 4.69) is 35.1 Å². The molecule has 2 aliphatic rings. The molecule has 35 heavy (non-hydrogen) atoms. The van der Waals surface area contributed by atoms with Gasteiger partial charge >= 0.3 is 12.1 Å². The number of hydrogen-bond donors (Lipinski definition) is 3. The van der Waals surface area contributed by atoms with E-state index in [1.165, 1.54) is 18.2 Å². The molecule has 2 aromatic carbocycles. The molecule has 2 amide bonds. The molecule has 1 unspecified atom stereocenters. The van der Waals surface area contributed by atoms with Gasteiger partial charge in [0.1, 0.15) is 6.61 Å². The number of fused-ring (bicyclic) bond motifs is 3. The zero-order valence-electron chi connectivity index (χ0n) is 19.6. The Balaban J connectivity index is 1.22. The van der Waals surface area contributed by atoms with Crippen molar-refractivity contribution in [3.05, 3.63) is 59.7 Å². The van der Waals surface area contributed by atoms with Gasteiger partial charge in [0, 0.05) is 25.5 Å². The predicted octanol–water partition coefficient (Wildman–Crippen LogP) is 3.23. The molecular weight excluding hydrogens is 452 g/mol. The van der Waals surface area contributed by atoms with Crippen molar-refractivity contribution >= 4 is 18.0 Å². The summed E-state index contributed by atoms with van der Waals surface area (Å²) in [6.07, 6.45) is 0.594. The Bertz CT molecular complexity index is 1030. The second kappa shape index (κ2) is 11.3. The maximum absolute atomic E-state index is 12.5. The number of ether oxygens (including phenoxy) is 2. The van der Waals surface area contributed by atoms with Gasteiger partial charge in [-0.15, -0.1) is 0 Å². The highest BCUT2D eigenvalue weighted by Crippen LogP contribution is 2.44. The normalized spacial score (nSPS) is 19.5. The van der Waals surface area contributed by atoms with Gasteiger partial charge in [-0.05, 0) is 47.4 Å². The highest BCUT2D eigenvalue weighted by molar-refractivity contribution is 5.79. The van der Waals surface area contributed by atoms with Gasteiger partial charge in [-0.25, -0.2) is 15.1 Å². The molecule has 0 radical (unpaired) electrons. The van der Waals surface area contributed by atoms with E-state index in [1.807, 2.05) is 24.3 Å². The first-order valence-electron chi connectivity index (χ1n) is 11.7. The lowest BCUT2D eigenvalue weighted by Crippen LogP contribution is -2.37. The van der Waals surface area contributed by atoms with Gasteiger partial charge in [0.2, 0.25) is 12.0 Å². The van der Waals surface area contributed by atoms with Crippen LogP contribution in [-0.2, 0) is 23.9 Å². The van der Waals surface area contributed by atoms with Crippen LogP contribution in [0.2, 0.25) is 0 Å². The molecule has 2 aliphatic carbocycles. The van der Waals surface area contributed by atoms with E-state index in [0.29, 0.717) is 6.42 Å². The Morgan fingerprint density at radius 2 is 1.69 bits per heavy atom. The molecule has 0 aromatic heterocycles. The Labute approximate surface area is 203 Å². The molecule has 186 valence electrons. The summed E-state index contributed by atoms with van der Waals surface area (Å²) < 4.78 is 10.4. The predicted molar refractivity (Wildman–Crippen MR) is 126 cm³/mol. The SMILES string of the molecule is COCC(ONC(=O)C[C@H]1CC[C@@H](NC(=O)OCC2c3ccccc3-c3ccccc32)C1)C(=O)O. The van der Waals surface area contributed by atoms with Crippen LogP contribution in [0.15, 0.2) is 48.5 Å². The number of rotatable bonds is 10. The molecule has 1 fully saturated rings. The Kier molecular flexibility index (Phi) is 7.99. The minimum Gasteiger partial charge on any atom is -0.479 e. The lowest BCUT2D eigenvalue weighted by Gasteiger charge is -2.17. The number of amides is 2. The third-order valence-corrected chi connectivity index (χ3v) is 6.59. The van der Waals surface area contributed by atoms with Gasteiger partial charge in [-0.3, -0.25) is 9.63 Å². The summed E-state index contributed by atoms with van der Waals surface area (Å²) in [5, 5.41) is 11.9. The van der Waals surface area contributed by atoms with Crippen LogP contribution in [0, 0.1) is 5.92 Å². The summed E-state index contributed by atoms with van der Waals surface area (Å²) in [6, 6.07) is 16.3. The molecule has 0 heterocycles. The molecule has 0 aliphatic heterocycles. The van der Waals surface area contributed by atoms with Crippen molar-refractivity contribution in [1.82, 2.24) is 10.8 Å². The second-order valence-electron chi connectivity index (χ2n) is 8.98. The van der Waals surface area contributed by atoms with Crippen molar-refractivity contribution in [3.8, 4) is 11.1 Å². The summed E-state index contributed by atoms with van der Waals surface area (Å²) in [6.45, 7) is 0.0765. The Hall–Kier alpha value is -3.43. The molecule has 9 nitrogen and oxygen atoms in total. The number of hydroxylamine groups is 1. The second-order valence-corrected chi connectivity index (χ2v) is 8.98. The van der Waals surface area contributed by atoms with Crippen molar-refractivity contribution < 1.29 is 33.8 Å².